The van der Waals surface area contributed by atoms with Gasteiger partial charge in [0.2, 0.25) is 0 Å². The minimum atomic E-state index is -0.222. The average molecular weight is 430 g/mol. The fourth-order valence-corrected chi connectivity index (χ4v) is 1.90. The fourth-order valence-electron chi connectivity index (χ4n) is 1.90. The Labute approximate surface area is 175 Å². The second kappa shape index (κ2) is 30.5. The van der Waals surface area contributed by atoms with Gasteiger partial charge < -0.3 is 77.1 Å². The summed E-state index contributed by atoms with van der Waals surface area (Å²) in [4.78, 5) is 0. The third-order valence-electron chi connectivity index (χ3n) is 2.77. The normalized spacial score (nSPS) is 7.66. The van der Waals surface area contributed by atoms with Crippen molar-refractivity contribution in [3.8, 4) is 5.75 Å². The van der Waals surface area contributed by atoms with Gasteiger partial charge in [0.25, 0.3) is 0 Å². The van der Waals surface area contributed by atoms with Crippen LogP contribution in [-0.4, -0.2) is 12.9 Å². The van der Waals surface area contributed by atoms with Crippen molar-refractivity contribution in [2.24, 2.45) is 0 Å². The highest BCUT2D eigenvalue weighted by atomic mass is 16.7. The van der Waals surface area contributed by atoms with Gasteiger partial charge in [-0.05, 0) is 48.4 Å². The lowest BCUT2D eigenvalue weighted by molar-refractivity contribution is -0.0612. The highest BCUT2D eigenvalue weighted by Crippen LogP contribution is 2.23. The molecular formula is C16H51N11O2. The molecule has 1 atom stereocenters. The van der Waals surface area contributed by atoms with E-state index in [1.54, 1.807) is 0 Å². The second-order valence-electron chi connectivity index (χ2n) is 4.11. The van der Waals surface area contributed by atoms with Crippen LogP contribution in [0.15, 0.2) is 43.0 Å². The summed E-state index contributed by atoms with van der Waals surface area (Å²) in [5.74, 6) is 0.829. The van der Waals surface area contributed by atoms with Crippen molar-refractivity contribution in [3.63, 3.8) is 0 Å². The summed E-state index contributed by atoms with van der Waals surface area (Å²) in [5, 5.41) is 2.34. The molecule has 0 aromatic heterocycles. The van der Waals surface area contributed by atoms with Gasteiger partial charge in [-0.3, -0.25) is 0 Å². The lowest BCUT2D eigenvalue weighted by Gasteiger charge is -2.14. The number of hydrogen-bond donors (Lipinski definition) is 11. The van der Waals surface area contributed by atoms with Crippen molar-refractivity contribution in [1.82, 2.24) is 67.7 Å². The molecule has 1 unspecified atom stereocenters. The van der Waals surface area contributed by atoms with E-state index in [2.05, 4.69) is 24.8 Å². The lowest BCUT2D eigenvalue weighted by atomic mass is 10.1. The first-order valence-corrected chi connectivity index (χ1v) is 6.17. The average Bonchev–Trinajstić information content (AvgIpc) is 2.38. The van der Waals surface area contributed by atoms with Crippen LogP contribution >= 0.6 is 0 Å². The smallest absolute Gasteiger partial charge is 0.196 e. The molecule has 2 rings (SSSR count). The van der Waals surface area contributed by atoms with E-state index in [1.807, 2.05) is 38.1 Å². The molecule has 0 amide bonds. The Morgan fingerprint density at radius 1 is 0.759 bits per heavy atom. The van der Waals surface area contributed by atoms with E-state index in [0.717, 1.165) is 16.7 Å². The number of rotatable bonds is 5. The van der Waals surface area contributed by atoms with Crippen LogP contribution in [0.3, 0.4) is 0 Å². The van der Waals surface area contributed by atoms with Crippen molar-refractivity contribution in [2.45, 2.75) is 20.1 Å². The van der Waals surface area contributed by atoms with Crippen LogP contribution in [0, 0.1) is 0 Å². The topological polar surface area (TPSA) is 403 Å². The van der Waals surface area contributed by atoms with Gasteiger partial charge in [0.1, 0.15) is 5.75 Å². The predicted octanol–water partition coefficient (Wildman–Crippen LogP) is 6.03. The molecule has 0 radical (unpaired) electrons. The van der Waals surface area contributed by atoms with Gasteiger partial charge in [-0.1, -0.05) is 30.9 Å². The second-order valence-corrected chi connectivity index (χ2v) is 4.11. The molecule has 0 bridgehead atoms. The van der Waals surface area contributed by atoms with Crippen molar-refractivity contribution in [1.29, 1.82) is 0 Å². The first kappa shape index (κ1) is 63.2. The van der Waals surface area contributed by atoms with Crippen LogP contribution in [0.1, 0.15) is 19.4 Å². The van der Waals surface area contributed by atoms with E-state index in [1.165, 1.54) is 5.39 Å². The summed E-state index contributed by atoms with van der Waals surface area (Å²) in [6.07, 6.45) is 1.63. The zero-order chi connectivity index (χ0) is 13.0. The van der Waals surface area contributed by atoms with Crippen molar-refractivity contribution in [2.75, 3.05) is 6.61 Å². The maximum Gasteiger partial charge on any atom is 0.196 e. The minimum Gasteiger partial charge on any atom is -0.465 e. The van der Waals surface area contributed by atoms with Gasteiger partial charge in [-0.15, -0.1) is 0 Å². The van der Waals surface area contributed by atoms with Gasteiger partial charge in [0.15, 0.2) is 6.29 Å². The Balaban J connectivity index is -0.0000000410. The maximum atomic E-state index is 5.68. The van der Waals surface area contributed by atoms with E-state index in [4.69, 9.17) is 9.47 Å². The minimum absolute atomic E-state index is 0. The van der Waals surface area contributed by atoms with Crippen LogP contribution in [0.4, 0.5) is 0 Å². The molecule has 0 spiro atoms. The van der Waals surface area contributed by atoms with Crippen LogP contribution in [0.25, 0.3) is 16.8 Å². The lowest BCUT2D eigenvalue weighted by Crippen LogP contribution is -2.15. The van der Waals surface area contributed by atoms with Crippen molar-refractivity contribution >= 4 is 16.8 Å². The van der Waals surface area contributed by atoms with Crippen molar-refractivity contribution < 1.29 is 9.47 Å². The highest BCUT2D eigenvalue weighted by Gasteiger charge is 2.03. The Morgan fingerprint density at radius 2 is 1.21 bits per heavy atom. The van der Waals surface area contributed by atoms with E-state index in [-0.39, 0.29) is 73.9 Å². The first-order chi connectivity index (χ1) is 8.72. The SMILES string of the molecule is C=Cc1ccc2cc(OC(C)OCC)ccc2c1.N.N.N.N.N.N.N.N.N.N.N. The van der Waals surface area contributed by atoms with Gasteiger partial charge in [-0.2, -0.15) is 0 Å². The zero-order valence-corrected chi connectivity index (χ0v) is 18.6. The van der Waals surface area contributed by atoms with Gasteiger partial charge in [0, 0.05) is 6.61 Å². The predicted molar refractivity (Wildman–Crippen MR) is 131 cm³/mol. The molecule has 13 heteroatoms. The molecule has 0 saturated heterocycles. The molecule has 13 nitrogen and oxygen atoms in total. The molecule has 2 aromatic carbocycles. The molecule has 0 aliphatic heterocycles. The van der Waals surface area contributed by atoms with Crippen LogP contribution in [0.2, 0.25) is 0 Å². The van der Waals surface area contributed by atoms with Crippen LogP contribution in [0.5, 0.6) is 5.75 Å². The van der Waals surface area contributed by atoms with Crippen molar-refractivity contribution in [3.05, 3.63) is 48.5 Å². The van der Waals surface area contributed by atoms with Gasteiger partial charge in [0.05, 0.1) is 0 Å². The van der Waals surface area contributed by atoms with Crippen LogP contribution in [-0.2, 0) is 4.74 Å². The third kappa shape index (κ3) is 17.6. The summed E-state index contributed by atoms with van der Waals surface area (Å²) in [7, 11) is 0. The molecule has 0 saturated carbocycles. The van der Waals surface area contributed by atoms with Gasteiger partial charge >= 0.3 is 0 Å². The third-order valence-corrected chi connectivity index (χ3v) is 2.77. The molecule has 29 heavy (non-hydrogen) atoms. The Morgan fingerprint density at radius 3 is 1.66 bits per heavy atom. The van der Waals surface area contributed by atoms with E-state index in [9.17, 15) is 0 Å². The molecule has 2 aromatic rings. The van der Waals surface area contributed by atoms with E-state index in [0.29, 0.717) is 6.61 Å². The Bertz CT molecular complexity index is 574. The standard InChI is InChI=1S/C16H18O2.11H3N/c1-4-13-6-7-15-11-16(9-8-14(15)10-13)18-12(3)17-5-2;;;;;;;;;;;/h4,6-12H,1,5H2,2-3H3;11*1H3. The van der Waals surface area contributed by atoms with Crippen LogP contribution < -0.4 is 72.4 Å². The summed E-state index contributed by atoms with van der Waals surface area (Å²) >= 11 is 0. The summed E-state index contributed by atoms with van der Waals surface area (Å²) in [6.45, 7) is 8.28. The van der Waals surface area contributed by atoms with Gasteiger partial charge in [-0.25, -0.2) is 0 Å². The quantitative estimate of drug-likeness (QED) is 0.242. The molecule has 182 valence electrons. The summed E-state index contributed by atoms with van der Waals surface area (Å²) < 4.78 is 11.0. The molecule has 0 aliphatic carbocycles. The molecule has 0 heterocycles. The molecule has 0 fully saturated rings. The number of ether oxygens (including phenoxy) is 2. The molecular weight excluding hydrogens is 378 g/mol. The zero-order valence-electron chi connectivity index (χ0n) is 18.6. The monoisotopic (exact) mass is 429 g/mol. The summed E-state index contributed by atoms with van der Waals surface area (Å²) in [6, 6.07) is 12.3. The Hall–Kier alpha value is -2.24. The van der Waals surface area contributed by atoms with E-state index >= 15 is 0 Å². The molecule has 0 aliphatic rings. The number of benzene rings is 2. The largest absolute Gasteiger partial charge is 0.465 e. The Kier molecular flexibility index (Phi) is 66.5. The van der Waals surface area contributed by atoms with E-state index < -0.39 is 0 Å². The molecule has 33 N–H and O–H groups in total. The first-order valence-electron chi connectivity index (χ1n) is 6.17. The summed E-state index contributed by atoms with van der Waals surface area (Å²) in [5.41, 5.74) is 1.12. The highest BCUT2D eigenvalue weighted by molar-refractivity contribution is 5.85. The number of fused-ring (bicyclic) bond motifs is 1. The number of hydrogen-bond acceptors (Lipinski definition) is 13. The fraction of sp³-hybridized carbons (Fsp3) is 0.250. The maximum absolute atomic E-state index is 5.68.